The number of anilines is 2. The number of alkyl carbamates (subject to hydrolysis) is 1. The van der Waals surface area contributed by atoms with Gasteiger partial charge in [0.2, 0.25) is 0 Å². The Bertz CT molecular complexity index is 702. The van der Waals surface area contributed by atoms with E-state index in [1.807, 2.05) is 0 Å². The quantitative estimate of drug-likeness (QED) is 0.563. The molecule has 1 heterocycles. The van der Waals surface area contributed by atoms with Gasteiger partial charge in [-0.05, 0) is 41.5 Å². The summed E-state index contributed by atoms with van der Waals surface area (Å²) < 4.78 is 11.7. The van der Waals surface area contributed by atoms with E-state index in [0.717, 1.165) is 0 Å². The van der Waals surface area contributed by atoms with Gasteiger partial charge in [-0.1, -0.05) is 0 Å². The van der Waals surface area contributed by atoms with E-state index >= 15 is 0 Å². The minimum absolute atomic E-state index is 0.181. The minimum atomic E-state index is -0.666. The highest BCUT2D eigenvalue weighted by Crippen LogP contribution is 2.21. The van der Waals surface area contributed by atoms with Crippen molar-refractivity contribution < 1.29 is 23.9 Å². The molecule has 0 saturated carbocycles. The molecule has 1 aromatic rings. The largest absolute Gasteiger partial charge is 0.444 e. The van der Waals surface area contributed by atoms with Gasteiger partial charge < -0.3 is 25.4 Å². The average Bonchev–Trinajstić information content (AvgIpc) is 2.81. The highest BCUT2D eigenvalue weighted by molar-refractivity contribution is 5.95. The summed E-state index contributed by atoms with van der Waals surface area (Å²) >= 11 is 0. The van der Waals surface area contributed by atoms with Gasteiger partial charge in [0.05, 0.1) is 6.20 Å². The second kappa shape index (κ2) is 9.29. The van der Waals surface area contributed by atoms with E-state index in [1.54, 1.807) is 48.6 Å². The van der Waals surface area contributed by atoms with E-state index in [-0.39, 0.29) is 18.9 Å². The molecule has 28 heavy (non-hydrogen) atoms. The minimum Gasteiger partial charge on any atom is -0.444 e. The summed E-state index contributed by atoms with van der Waals surface area (Å²) in [6, 6.07) is -0.522. The zero-order valence-corrected chi connectivity index (χ0v) is 17.4. The van der Waals surface area contributed by atoms with Crippen LogP contribution in [-0.4, -0.2) is 52.3 Å². The zero-order valence-electron chi connectivity index (χ0n) is 17.4. The standard InChI is InChI=1S/C17H30N6O5/c1-16(2,3)27-14(25)19-9-8-18-13(24)21-11-10-20-23(7)12(11)22-15(26)28-17(4,5)6/h10H,8-9H2,1-7H3,(H,19,25)(H,22,26)(H2,18,21,24). The number of aryl methyl sites for hydroxylation is 1. The van der Waals surface area contributed by atoms with E-state index < -0.39 is 29.4 Å². The lowest BCUT2D eigenvalue weighted by Gasteiger charge is -2.20. The fraction of sp³-hybridized carbons (Fsp3) is 0.647. The number of aromatic nitrogens is 2. The molecule has 0 unspecified atom stereocenters. The third-order valence-electron chi connectivity index (χ3n) is 2.89. The SMILES string of the molecule is Cn1ncc(NC(=O)NCCNC(=O)OC(C)(C)C)c1NC(=O)OC(C)(C)C. The second-order valence-corrected chi connectivity index (χ2v) is 7.97. The highest BCUT2D eigenvalue weighted by atomic mass is 16.6. The van der Waals surface area contributed by atoms with Crippen molar-refractivity contribution in [2.75, 3.05) is 23.7 Å². The van der Waals surface area contributed by atoms with Gasteiger partial charge >= 0.3 is 18.2 Å². The first-order valence-corrected chi connectivity index (χ1v) is 8.80. The normalized spacial score (nSPS) is 11.4. The van der Waals surface area contributed by atoms with Crippen molar-refractivity contribution in [3.8, 4) is 0 Å². The molecule has 4 N–H and O–H groups in total. The van der Waals surface area contributed by atoms with E-state index in [9.17, 15) is 14.4 Å². The Morgan fingerprint density at radius 3 is 2.04 bits per heavy atom. The monoisotopic (exact) mass is 398 g/mol. The van der Waals surface area contributed by atoms with Crippen LogP contribution in [0, 0.1) is 0 Å². The number of nitrogens with one attached hydrogen (secondary N) is 4. The number of carbonyl (C=O) groups excluding carboxylic acids is 3. The first kappa shape index (κ1) is 23.1. The van der Waals surface area contributed by atoms with Gasteiger partial charge in [0.15, 0.2) is 5.82 Å². The predicted molar refractivity (Wildman–Crippen MR) is 104 cm³/mol. The number of hydrogen-bond acceptors (Lipinski definition) is 6. The molecule has 1 aromatic heterocycles. The Balaban J connectivity index is 2.48. The molecular weight excluding hydrogens is 368 g/mol. The molecule has 0 bridgehead atoms. The molecule has 0 aromatic carbocycles. The number of ether oxygens (including phenoxy) is 2. The van der Waals surface area contributed by atoms with Crippen molar-refractivity contribution in [2.24, 2.45) is 7.05 Å². The number of rotatable bonds is 5. The Labute approximate surface area is 164 Å². The topological polar surface area (TPSA) is 136 Å². The summed E-state index contributed by atoms with van der Waals surface area (Å²) in [5.74, 6) is 0.274. The highest BCUT2D eigenvalue weighted by Gasteiger charge is 2.20. The van der Waals surface area contributed by atoms with Crippen LogP contribution in [0.3, 0.4) is 0 Å². The summed E-state index contributed by atoms with van der Waals surface area (Å²) in [6.07, 6.45) is 0.164. The molecule has 0 atom stereocenters. The summed E-state index contributed by atoms with van der Waals surface area (Å²) in [6.45, 7) is 10.9. The zero-order chi connectivity index (χ0) is 21.5. The van der Waals surface area contributed by atoms with Crippen LogP contribution in [0.25, 0.3) is 0 Å². The summed E-state index contributed by atoms with van der Waals surface area (Å²) in [7, 11) is 1.61. The molecule has 0 aliphatic heterocycles. The molecule has 0 saturated heterocycles. The van der Waals surface area contributed by atoms with Gasteiger partial charge in [-0.25, -0.2) is 14.4 Å². The van der Waals surface area contributed by atoms with Crippen molar-refractivity contribution in [1.29, 1.82) is 0 Å². The Morgan fingerprint density at radius 2 is 1.46 bits per heavy atom. The van der Waals surface area contributed by atoms with Crippen LogP contribution < -0.4 is 21.3 Å². The maximum atomic E-state index is 12.0. The second-order valence-electron chi connectivity index (χ2n) is 7.97. The number of hydrogen-bond donors (Lipinski definition) is 4. The Morgan fingerprint density at radius 1 is 0.929 bits per heavy atom. The number of nitrogens with zero attached hydrogens (tertiary/aromatic N) is 2. The van der Waals surface area contributed by atoms with Gasteiger partial charge in [-0.2, -0.15) is 5.10 Å². The third kappa shape index (κ3) is 9.10. The van der Waals surface area contributed by atoms with E-state index in [4.69, 9.17) is 9.47 Å². The molecule has 0 aliphatic rings. The fourth-order valence-electron chi connectivity index (χ4n) is 1.90. The lowest BCUT2D eigenvalue weighted by Crippen LogP contribution is -2.39. The van der Waals surface area contributed by atoms with Crippen molar-refractivity contribution >= 4 is 29.7 Å². The molecule has 4 amide bonds. The number of carbonyl (C=O) groups is 3. The number of amides is 4. The smallest absolute Gasteiger partial charge is 0.413 e. The fourth-order valence-corrected chi connectivity index (χ4v) is 1.90. The van der Waals surface area contributed by atoms with Crippen molar-refractivity contribution in [1.82, 2.24) is 20.4 Å². The molecule has 0 spiro atoms. The number of urea groups is 1. The molecule has 0 aliphatic carbocycles. The van der Waals surface area contributed by atoms with Crippen LogP contribution in [0.1, 0.15) is 41.5 Å². The Hall–Kier alpha value is -2.98. The van der Waals surface area contributed by atoms with E-state index in [0.29, 0.717) is 5.69 Å². The van der Waals surface area contributed by atoms with Gasteiger partial charge in [0.1, 0.15) is 16.9 Å². The summed E-state index contributed by atoms with van der Waals surface area (Å²) in [5, 5.41) is 14.2. The summed E-state index contributed by atoms with van der Waals surface area (Å²) in [4.78, 5) is 35.5. The van der Waals surface area contributed by atoms with E-state index in [2.05, 4.69) is 26.4 Å². The first-order valence-electron chi connectivity index (χ1n) is 8.80. The van der Waals surface area contributed by atoms with Gasteiger partial charge in [-0.3, -0.25) is 10.00 Å². The molecular formula is C17H30N6O5. The van der Waals surface area contributed by atoms with Gasteiger partial charge in [-0.15, -0.1) is 0 Å². The van der Waals surface area contributed by atoms with Gasteiger partial charge in [0, 0.05) is 20.1 Å². The van der Waals surface area contributed by atoms with Crippen molar-refractivity contribution in [2.45, 2.75) is 52.7 Å². The van der Waals surface area contributed by atoms with Crippen LogP contribution in [0.15, 0.2) is 6.20 Å². The summed E-state index contributed by atoms with van der Waals surface area (Å²) in [5.41, 5.74) is -0.951. The van der Waals surface area contributed by atoms with Gasteiger partial charge in [0.25, 0.3) is 0 Å². The van der Waals surface area contributed by atoms with Crippen LogP contribution in [-0.2, 0) is 16.5 Å². The molecule has 1 rings (SSSR count). The molecule has 11 nitrogen and oxygen atoms in total. The van der Waals surface area contributed by atoms with Crippen LogP contribution >= 0.6 is 0 Å². The van der Waals surface area contributed by atoms with Crippen molar-refractivity contribution in [3.63, 3.8) is 0 Å². The molecule has 0 radical (unpaired) electrons. The molecule has 0 fully saturated rings. The van der Waals surface area contributed by atoms with E-state index in [1.165, 1.54) is 10.9 Å². The van der Waals surface area contributed by atoms with Crippen LogP contribution in [0.4, 0.5) is 25.9 Å². The Kier molecular flexibility index (Phi) is 7.65. The van der Waals surface area contributed by atoms with Crippen LogP contribution in [0.2, 0.25) is 0 Å². The maximum absolute atomic E-state index is 12.0. The molecule has 158 valence electrons. The lowest BCUT2D eigenvalue weighted by molar-refractivity contribution is 0.0527. The van der Waals surface area contributed by atoms with Crippen molar-refractivity contribution in [3.05, 3.63) is 6.20 Å². The lowest BCUT2D eigenvalue weighted by atomic mass is 10.2. The first-order chi connectivity index (χ1) is 12.8. The maximum Gasteiger partial charge on any atom is 0.413 e. The predicted octanol–water partition coefficient (Wildman–Crippen LogP) is 2.41. The third-order valence-corrected chi connectivity index (χ3v) is 2.89. The average molecular weight is 398 g/mol. The molecule has 11 heteroatoms. The van der Waals surface area contributed by atoms with Crippen LogP contribution in [0.5, 0.6) is 0 Å².